The van der Waals surface area contributed by atoms with Gasteiger partial charge < -0.3 is 20.1 Å². The summed E-state index contributed by atoms with van der Waals surface area (Å²) in [5.41, 5.74) is -0.446. The van der Waals surface area contributed by atoms with Crippen LogP contribution in [0.1, 0.15) is 12.0 Å². The lowest BCUT2D eigenvalue weighted by Crippen LogP contribution is -2.24. The number of halogens is 3. The van der Waals surface area contributed by atoms with Crippen LogP contribution in [0.3, 0.4) is 0 Å². The first kappa shape index (κ1) is 19.5. The van der Waals surface area contributed by atoms with E-state index in [4.69, 9.17) is 9.47 Å². The molecule has 148 valence electrons. The van der Waals surface area contributed by atoms with Gasteiger partial charge in [0.05, 0.1) is 24.3 Å². The molecule has 0 aromatic heterocycles. The number of benzene rings is 2. The minimum atomic E-state index is -4.42. The number of carbonyl (C=O) groups excluding carboxylic acids is 2. The number of nitrogens with one attached hydrogen (secondary N) is 2. The second kappa shape index (κ2) is 7.79. The third kappa shape index (κ3) is 4.54. The van der Waals surface area contributed by atoms with Crippen molar-refractivity contribution in [3.8, 4) is 17.2 Å². The van der Waals surface area contributed by atoms with Gasteiger partial charge in [0.15, 0.2) is 0 Å². The van der Waals surface area contributed by atoms with Crippen LogP contribution < -0.4 is 20.1 Å². The van der Waals surface area contributed by atoms with Gasteiger partial charge in [0.2, 0.25) is 11.8 Å². The highest BCUT2D eigenvalue weighted by Crippen LogP contribution is 2.34. The number of methoxy groups -OCH3 is 1. The van der Waals surface area contributed by atoms with Crippen LogP contribution in [0.2, 0.25) is 0 Å². The Bertz CT molecular complexity index is 882. The molecule has 0 spiro atoms. The zero-order chi connectivity index (χ0) is 20.3. The van der Waals surface area contributed by atoms with Crippen molar-refractivity contribution < 1.29 is 32.2 Å². The smallest absolute Gasteiger partial charge is 0.416 e. The van der Waals surface area contributed by atoms with E-state index in [1.54, 1.807) is 12.1 Å². The summed E-state index contributed by atoms with van der Waals surface area (Å²) in [6, 6.07) is 8.89. The Morgan fingerprint density at radius 1 is 1.14 bits per heavy atom. The van der Waals surface area contributed by atoms with Crippen molar-refractivity contribution in [1.29, 1.82) is 0 Å². The Hall–Kier alpha value is -3.23. The highest BCUT2D eigenvalue weighted by molar-refractivity contribution is 5.98. The van der Waals surface area contributed by atoms with Crippen LogP contribution in [-0.2, 0) is 15.8 Å². The molecular formula is C19H17F3N2O4. The molecule has 1 aliphatic rings. The minimum absolute atomic E-state index is 0.107. The van der Waals surface area contributed by atoms with Crippen LogP contribution in [0.15, 0.2) is 42.5 Å². The van der Waals surface area contributed by atoms with Crippen LogP contribution in [0.5, 0.6) is 17.2 Å². The molecule has 9 heteroatoms. The standard InChI is InChI=1S/C19H17F3N2O4/c1-27-16-7-6-14(28-13-4-2-12(3-5-13)19(20,21)22)9-15(16)24-18(26)11-8-17(25)23-10-11/h2-7,9,11H,8,10H2,1H3,(H,23,25)(H,24,26)/t11-/m1/s1. The third-order valence-corrected chi connectivity index (χ3v) is 4.19. The van der Waals surface area contributed by atoms with Crippen molar-refractivity contribution in [3.63, 3.8) is 0 Å². The maximum Gasteiger partial charge on any atom is 0.416 e. The molecule has 1 saturated heterocycles. The molecule has 0 radical (unpaired) electrons. The number of amides is 2. The fraction of sp³-hybridized carbons (Fsp3) is 0.263. The van der Waals surface area contributed by atoms with E-state index in [1.165, 1.54) is 25.3 Å². The first-order valence-corrected chi connectivity index (χ1v) is 8.37. The lowest BCUT2D eigenvalue weighted by atomic mass is 10.1. The van der Waals surface area contributed by atoms with Crippen molar-refractivity contribution in [2.24, 2.45) is 5.92 Å². The molecule has 2 aromatic rings. The first-order valence-electron chi connectivity index (χ1n) is 8.37. The third-order valence-electron chi connectivity index (χ3n) is 4.19. The highest BCUT2D eigenvalue weighted by Gasteiger charge is 2.30. The number of hydrogen-bond donors (Lipinski definition) is 2. The summed E-state index contributed by atoms with van der Waals surface area (Å²) in [5.74, 6) is -0.130. The van der Waals surface area contributed by atoms with Gasteiger partial charge in [0.25, 0.3) is 0 Å². The summed E-state index contributed by atoms with van der Waals surface area (Å²) < 4.78 is 48.7. The van der Waals surface area contributed by atoms with Crippen LogP contribution >= 0.6 is 0 Å². The number of ether oxygens (including phenoxy) is 2. The molecule has 0 unspecified atom stereocenters. The van der Waals surface area contributed by atoms with E-state index in [9.17, 15) is 22.8 Å². The summed E-state index contributed by atoms with van der Waals surface area (Å²) >= 11 is 0. The molecule has 2 N–H and O–H groups in total. The van der Waals surface area contributed by atoms with E-state index in [1.807, 2.05) is 0 Å². The Labute approximate surface area is 158 Å². The molecule has 2 amide bonds. The average Bonchev–Trinajstić information content (AvgIpc) is 3.08. The number of hydrogen-bond acceptors (Lipinski definition) is 4. The Morgan fingerprint density at radius 3 is 2.39 bits per heavy atom. The van der Waals surface area contributed by atoms with Gasteiger partial charge in [0.1, 0.15) is 17.2 Å². The number of anilines is 1. The largest absolute Gasteiger partial charge is 0.495 e. The summed E-state index contributed by atoms with van der Waals surface area (Å²) in [6.07, 6.45) is -4.32. The fourth-order valence-electron chi connectivity index (χ4n) is 2.72. The van der Waals surface area contributed by atoms with E-state index in [0.29, 0.717) is 17.2 Å². The fourth-order valence-corrected chi connectivity index (χ4v) is 2.72. The maximum atomic E-state index is 12.6. The number of rotatable bonds is 5. The summed E-state index contributed by atoms with van der Waals surface area (Å²) in [5, 5.41) is 5.28. The molecule has 0 saturated carbocycles. The molecule has 28 heavy (non-hydrogen) atoms. The van der Waals surface area contributed by atoms with Crippen molar-refractivity contribution >= 4 is 17.5 Å². The predicted octanol–water partition coefficient (Wildman–Crippen LogP) is 3.58. The molecule has 1 aliphatic heterocycles. The molecule has 1 heterocycles. The van der Waals surface area contributed by atoms with E-state index in [-0.39, 0.29) is 30.5 Å². The lowest BCUT2D eigenvalue weighted by molar-refractivity contribution is -0.137. The molecule has 1 atom stereocenters. The summed E-state index contributed by atoms with van der Waals surface area (Å²) in [4.78, 5) is 23.6. The Kier molecular flexibility index (Phi) is 5.43. The van der Waals surface area contributed by atoms with Gasteiger partial charge in [-0.1, -0.05) is 0 Å². The van der Waals surface area contributed by atoms with Gasteiger partial charge in [0, 0.05) is 19.0 Å². The highest BCUT2D eigenvalue weighted by atomic mass is 19.4. The van der Waals surface area contributed by atoms with E-state index in [0.717, 1.165) is 12.1 Å². The zero-order valence-corrected chi connectivity index (χ0v) is 14.8. The van der Waals surface area contributed by atoms with E-state index in [2.05, 4.69) is 10.6 Å². The molecular weight excluding hydrogens is 377 g/mol. The van der Waals surface area contributed by atoms with Crippen LogP contribution in [0.25, 0.3) is 0 Å². The Morgan fingerprint density at radius 2 is 1.82 bits per heavy atom. The predicted molar refractivity (Wildman–Crippen MR) is 94.3 cm³/mol. The normalized spacial score (nSPS) is 16.4. The number of carbonyl (C=O) groups is 2. The maximum absolute atomic E-state index is 12.6. The van der Waals surface area contributed by atoms with Crippen molar-refractivity contribution in [1.82, 2.24) is 5.32 Å². The van der Waals surface area contributed by atoms with Gasteiger partial charge in [-0.15, -0.1) is 0 Å². The van der Waals surface area contributed by atoms with E-state index >= 15 is 0 Å². The second-order valence-corrected chi connectivity index (χ2v) is 6.18. The summed E-state index contributed by atoms with van der Waals surface area (Å²) in [7, 11) is 1.43. The number of alkyl halides is 3. The van der Waals surface area contributed by atoms with Crippen LogP contribution in [-0.4, -0.2) is 25.5 Å². The van der Waals surface area contributed by atoms with Gasteiger partial charge in [-0.3, -0.25) is 9.59 Å². The first-order chi connectivity index (χ1) is 13.3. The van der Waals surface area contributed by atoms with Gasteiger partial charge in [-0.25, -0.2) is 0 Å². The zero-order valence-electron chi connectivity index (χ0n) is 14.8. The quantitative estimate of drug-likeness (QED) is 0.813. The van der Waals surface area contributed by atoms with Gasteiger partial charge in [-0.05, 0) is 36.4 Å². The van der Waals surface area contributed by atoms with Crippen molar-refractivity contribution in [2.75, 3.05) is 19.0 Å². The Balaban J connectivity index is 1.75. The van der Waals surface area contributed by atoms with Gasteiger partial charge in [-0.2, -0.15) is 13.2 Å². The van der Waals surface area contributed by atoms with Crippen molar-refractivity contribution in [2.45, 2.75) is 12.6 Å². The minimum Gasteiger partial charge on any atom is -0.495 e. The van der Waals surface area contributed by atoms with Gasteiger partial charge >= 0.3 is 6.18 Å². The SMILES string of the molecule is COc1ccc(Oc2ccc(C(F)(F)F)cc2)cc1NC(=O)[C@H]1CNC(=O)C1. The second-order valence-electron chi connectivity index (χ2n) is 6.18. The molecule has 3 rings (SSSR count). The topological polar surface area (TPSA) is 76.7 Å². The van der Waals surface area contributed by atoms with E-state index < -0.39 is 17.7 Å². The van der Waals surface area contributed by atoms with Crippen LogP contribution in [0.4, 0.5) is 18.9 Å². The lowest BCUT2D eigenvalue weighted by Gasteiger charge is -2.15. The molecule has 0 aliphatic carbocycles. The van der Waals surface area contributed by atoms with Crippen LogP contribution in [0, 0.1) is 5.92 Å². The monoisotopic (exact) mass is 394 g/mol. The average molecular weight is 394 g/mol. The molecule has 1 fully saturated rings. The molecule has 2 aromatic carbocycles. The molecule has 0 bridgehead atoms. The molecule has 6 nitrogen and oxygen atoms in total. The summed E-state index contributed by atoms with van der Waals surface area (Å²) in [6.45, 7) is 0.259. The van der Waals surface area contributed by atoms with Crippen molar-refractivity contribution in [3.05, 3.63) is 48.0 Å².